The number of benzene rings is 1. The maximum Gasteiger partial charge on any atom is 0.163 e. The van der Waals surface area contributed by atoms with Crippen LogP contribution in [0.5, 0.6) is 0 Å². The third-order valence-corrected chi connectivity index (χ3v) is 4.80. The van der Waals surface area contributed by atoms with Gasteiger partial charge in [-0.3, -0.25) is 0 Å². The molecule has 0 atom stereocenters. The van der Waals surface area contributed by atoms with E-state index in [1.165, 1.54) is 0 Å². The van der Waals surface area contributed by atoms with Gasteiger partial charge in [-0.1, -0.05) is 53.0 Å². The highest BCUT2D eigenvalue weighted by atomic mass is 35.5. The molecule has 2 nitrogen and oxygen atoms in total. The largest absolute Gasteiger partial charge is 0.216 e. The summed E-state index contributed by atoms with van der Waals surface area (Å²) in [5, 5.41) is 5.16. The molecule has 0 spiro atoms. The minimum Gasteiger partial charge on any atom is -0.216 e. The van der Waals surface area contributed by atoms with Crippen LogP contribution in [0.4, 0.5) is 0 Å². The lowest BCUT2D eigenvalue weighted by Crippen LogP contribution is -1.95. The molecule has 3 aromatic rings. The van der Waals surface area contributed by atoms with Gasteiger partial charge >= 0.3 is 0 Å². The third kappa shape index (κ3) is 2.79. The fourth-order valence-electron chi connectivity index (χ4n) is 2.00. The number of hydrogen-bond donors (Lipinski definition) is 0. The van der Waals surface area contributed by atoms with Gasteiger partial charge in [0.1, 0.15) is 10.3 Å². The Morgan fingerprint density at radius 1 is 0.905 bits per heavy atom. The van der Waals surface area contributed by atoms with E-state index in [9.17, 15) is 0 Å². The molecular weight excluding hydrogens is 347 g/mol. The number of hydrogen-bond acceptors (Lipinski definition) is 3. The van der Waals surface area contributed by atoms with Crippen LogP contribution in [0.3, 0.4) is 0 Å². The van der Waals surface area contributed by atoms with Gasteiger partial charge in [0.25, 0.3) is 0 Å². The van der Waals surface area contributed by atoms with Gasteiger partial charge in [-0.15, -0.1) is 0 Å². The first-order valence-corrected chi connectivity index (χ1v) is 8.16. The van der Waals surface area contributed by atoms with Crippen molar-refractivity contribution in [3.63, 3.8) is 0 Å². The molecule has 21 heavy (non-hydrogen) atoms. The van der Waals surface area contributed by atoms with Crippen LogP contribution in [-0.4, -0.2) is 9.97 Å². The topological polar surface area (TPSA) is 25.8 Å². The average molecular weight is 356 g/mol. The number of nitrogens with zero attached hydrogens (tertiary/aromatic N) is 2. The Balaban J connectivity index is 2.18. The van der Waals surface area contributed by atoms with Crippen molar-refractivity contribution in [1.82, 2.24) is 9.97 Å². The molecule has 2 heterocycles. The molecule has 0 aliphatic rings. The zero-order chi connectivity index (χ0) is 15.0. The maximum absolute atomic E-state index is 6.32. The fourth-order valence-corrected chi connectivity index (χ4v) is 3.65. The van der Waals surface area contributed by atoms with E-state index in [0.717, 1.165) is 16.7 Å². The van der Waals surface area contributed by atoms with Gasteiger partial charge in [0.15, 0.2) is 5.82 Å². The molecule has 0 saturated heterocycles. The predicted octanol–water partition coefficient (Wildman–Crippen LogP) is 6.14. The second-order valence-corrected chi connectivity index (χ2v) is 6.32. The second-order valence-electron chi connectivity index (χ2n) is 4.45. The zero-order valence-electron chi connectivity index (χ0n) is 10.9. The van der Waals surface area contributed by atoms with Crippen LogP contribution in [0.25, 0.3) is 22.5 Å². The minimum atomic E-state index is 0.295. The molecule has 106 valence electrons. The quantitative estimate of drug-likeness (QED) is 0.516. The predicted molar refractivity (Wildman–Crippen MR) is 90.5 cm³/mol. The lowest BCUT2D eigenvalue weighted by molar-refractivity contribution is 1.17. The zero-order valence-corrected chi connectivity index (χ0v) is 14.0. The van der Waals surface area contributed by atoms with Crippen LogP contribution in [0.2, 0.25) is 15.3 Å². The van der Waals surface area contributed by atoms with Gasteiger partial charge in [-0.05, 0) is 23.9 Å². The van der Waals surface area contributed by atoms with E-state index in [0.29, 0.717) is 26.7 Å². The van der Waals surface area contributed by atoms with Crippen LogP contribution in [0, 0.1) is 6.92 Å². The molecule has 0 bridgehead atoms. The summed E-state index contributed by atoms with van der Waals surface area (Å²) < 4.78 is 0. The van der Waals surface area contributed by atoms with Gasteiger partial charge < -0.3 is 0 Å². The van der Waals surface area contributed by atoms with E-state index in [2.05, 4.69) is 9.97 Å². The summed E-state index contributed by atoms with van der Waals surface area (Å²) in [6.45, 7) is 2.00. The summed E-state index contributed by atoms with van der Waals surface area (Å²) in [6, 6.07) is 7.33. The molecule has 0 aliphatic carbocycles. The van der Waals surface area contributed by atoms with Crippen molar-refractivity contribution in [2.45, 2.75) is 6.92 Å². The van der Waals surface area contributed by atoms with Gasteiger partial charge in [0.05, 0.1) is 5.56 Å². The Labute approximate surface area is 141 Å². The molecule has 0 saturated carbocycles. The molecule has 1 aromatic carbocycles. The van der Waals surface area contributed by atoms with E-state index in [4.69, 9.17) is 34.8 Å². The third-order valence-electron chi connectivity index (χ3n) is 3.06. The first-order valence-electron chi connectivity index (χ1n) is 6.09. The summed E-state index contributed by atoms with van der Waals surface area (Å²) >= 11 is 20.4. The molecule has 0 unspecified atom stereocenters. The first kappa shape index (κ1) is 14.8. The van der Waals surface area contributed by atoms with Crippen molar-refractivity contribution in [3.05, 3.63) is 55.9 Å². The van der Waals surface area contributed by atoms with Crippen molar-refractivity contribution >= 4 is 46.1 Å². The van der Waals surface area contributed by atoms with E-state index < -0.39 is 0 Å². The van der Waals surface area contributed by atoms with Crippen molar-refractivity contribution in [2.75, 3.05) is 0 Å². The Bertz CT molecular complexity index is 791. The summed E-state index contributed by atoms with van der Waals surface area (Å²) in [6.07, 6.45) is 0. The highest BCUT2D eigenvalue weighted by molar-refractivity contribution is 7.08. The molecule has 0 radical (unpaired) electrons. The van der Waals surface area contributed by atoms with E-state index in [-0.39, 0.29) is 0 Å². The highest BCUT2D eigenvalue weighted by Crippen LogP contribution is 2.38. The summed E-state index contributed by atoms with van der Waals surface area (Å²) in [5.41, 5.74) is 3.32. The number of rotatable bonds is 2. The Kier molecular flexibility index (Phi) is 4.18. The highest BCUT2D eigenvalue weighted by Gasteiger charge is 2.17. The normalized spacial score (nSPS) is 10.9. The van der Waals surface area contributed by atoms with Crippen molar-refractivity contribution < 1.29 is 0 Å². The standard InChI is InChI=1S/C15H9Cl3N2S/c1-8-6-21-7-10(8)15-19-13(17)12(14(18)20-15)9-4-2-3-5-11(9)16/h2-7H,1H3. The maximum atomic E-state index is 6.32. The number of aryl methyl sites for hydroxylation is 1. The Hall–Kier alpha value is -1.13. The van der Waals surface area contributed by atoms with Gasteiger partial charge in [0, 0.05) is 21.5 Å². The summed E-state index contributed by atoms with van der Waals surface area (Å²) in [4.78, 5) is 8.75. The molecule has 0 fully saturated rings. The smallest absolute Gasteiger partial charge is 0.163 e. The first-order chi connectivity index (χ1) is 10.1. The van der Waals surface area contributed by atoms with Crippen molar-refractivity contribution in [1.29, 1.82) is 0 Å². The van der Waals surface area contributed by atoms with E-state index in [1.807, 2.05) is 35.9 Å². The van der Waals surface area contributed by atoms with Gasteiger partial charge in [-0.25, -0.2) is 9.97 Å². The van der Waals surface area contributed by atoms with Crippen LogP contribution >= 0.6 is 46.1 Å². The van der Waals surface area contributed by atoms with Crippen molar-refractivity contribution in [3.8, 4) is 22.5 Å². The lowest BCUT2D eigenvalue weighted by Gasteiger charge is -2.09. The van der Waals surface area contributed by atoms with Crippen LogP contribution in [0.1, 0.15) is 5.56 Å². The molecule has 3 rings (SSSR count). The minimum absolute atomic E-state index is 0.295. The fraction of sp³-hybridized carbons (Fsp3) is 0.0667. The van der Waals surface area contributed by atoms with E-state index in [1.54, 1.807) is 17.4 Å². The Morgan fingerprint density at radius 2 is 1.57 bits per heavy atom. The summed E-state index contributed by atoms with van der Waals surface area (Å²) in [7, 11) is 0. The SMILES string of the molecule is Cc1cscc1-c1nc(Cl)c(-c2ccccc2Cl)c(Cl)n1. The Morgan fingerprint density at radius 3 is 2.14 bits per heavy atom. The van der Waals surface area contributed by atoms with Gasteiger partial charge in [0.2, 0.25) is 0 Å². The van der Waals surface area contributed by atoms with Crippen LogP contribution < -0.4 is 0 Å². The number of thiophene rings is 1. The van der Waals surface area contributed by atoms with Crippen molar-refractivity contribution in [2.24, 2.45) is 0 Å². The number of aromatic nitrogens is 2. The second kappa shape index (κ2) is 5.93. The molecule has 0 amide bonds. The van der Waals surface area contributed by atoms with Crippen LogP contribution in [-0.2, 0) is 0 Å². The molecule has 0 N–H and O–H groups in total. The average Bonchev–Trinajstić information content (AvgIpc) is 2.86. The molecular formula is C15H9Cl3N2S. The molecule has 0 aliphatic heterocycles. The monoisotopic (exact) mass is 354 g/mol. The number of halogens is 3. The van der Waals surface area contributed by atoms with E-state index >= 15 is 0 Å². The van der Waals surface area contributed by atoms with Gasteiger partial charge in [-0.2, -0.15) is 11.3 Å². The van der Waals surface area contributed by atoms with Crippen LogP contribution in [0.15, 0.2) is 35.0 Å². The lowest BCUT2D eigenvalue weighted by atomic mass is 10.1. The molecule has 2 aromatic heterocycles. The molecule has 6 heteroatoms. The summed E-state index contributed by atoms with van der Waals surface area (Å²) in [5.74, 6) is 0.527.